The van der Waals surface area contributed by atoms with E-state index in [2.05, 4.69) is 31.1 Å². The fraction of sp³-hybridized carbons (Fsp3) is 0.750. The minimum Gasteiger partial charge on any atom is -0.444 e. The summed E-state index contributed by atoms with van der Waals surface area (Å²) in [6, 6.07) is -2.73. The second kappa shape index (κ2) is 11.5. The first-order chi connectivity index (χ1) is 17.7. The summed E-state index contributed by atoms with van der Waals surface area (Å²) >= 11 is 0. The third-order valence-corrected chi connectivity index (χ3v) is 8.36. The van der Waals surface area contributed by atoms with Gasteiger partial charge in [0.05, 0.1) is 6.04 Å². The van der Waals surface area contributed by atoms with E-state index < -0.39 is 47.4 Å². The summed E-state index contributed by atoms with van der Waals surface area (Å²) in [6.07, 6.45) is 6.12. The predicted molar refractivity (Wildman–Crippen MR) is 142 cm³/mol. The molecule has 1 aliphatic heterocycles. The van der Waals surface area contributed by atoms with Gasteiger partial charge in [0.25, 0.3) is 5.91 Å². The molecule has 5 atom stereocenters. The van der Waals surface area contributed by atoms with Gasteiger partial charge in [-0.1, -0.05) is 39.2 Å². The number of ketones is 1. The lowest BCUT2D eigenvalue weighted by Crippen LogP contribution is -2.59. The minimum atomic E-state index is -1.12. The number of alkyl carbamates (subject to hydrolysis) is 1. The fourth-order valence-electron chi connectivity index (χ4n) is 6.26. The van der Waals surface area contributed by atoms with Gasteiger partial charge in [0.1, 0.15) is 17.7 Å². The van der Waals surface area contributed by atoms with Crippen molar-refractivity contribution in [3.63, 3.8) is 0 Å². The number of fused-ring (bicyclic) bond motifs is 1. The van der Waals surface area contributed by atoms with Crippen LogP contribution in [0, 0.1) is 23.2 Å². The number of hydrogen-bond acceptors (Lipinski definition) is 6. The zero-order chi connectivity index (χ0) is 28.4. The summed E-state index contributed by atoms with van der Waals surface area (Å²) in [6.45, 7) is 13.4. The Hall–Kier alpha value is -2.91. The van der Waals surface area contributed by atoms with Gasteiger partial charge < -0.3 is 26.0 Å². The molecule has 3 aliphatic rings. The SMILES string of the molecule is C=CCCC(NC(=O)[C@@H]1C2C(CN1C(=O)[C@@H](NC(=O)OC(C)(C)C)C1CCCCC1)C2(C)C)C(=O)C(N)=O. The molecule has 4 amide bonds. The van der Waals surface area contributed by atoms with Crippen LogP contribution in [0.15, 0.2) is 12.7 Å². The molecule has 38 heavy (non-hydrogen) atoms. The number of primary amides is 1. The second-order valence-corrected chi connectivity index (χ2v) is 12.6. The summed E-state index contributed by atoms with van der Waals surface area (Å²) in [5, 5.41) is 5.52. The number of allylic oxidation sites excluding steroid dienone is 1. The number of nitrogens with one attached hydrogen (secondary N) is 2. The highest BCUT2D eigenvalue weighted by molar-refractivity contribution is 6.37. The number of nitrogens with zero attached hydrogens (tertiary/aromatic N) is 1. The van der Waals surface area contributed by atoms with Crippen molar-refractivity contribution in [1.82, 2.24) is 15.5 Å². The molecule has 2 saturated carbocycles. The molecule has 10 nitrogen and oxygen atoms in total. The van der Waals surface area contributed by atoms with Crippen LogP contribution in [0.5, 0.6) is 0 Å². The smallest absolute Gasteiger partial charge is 0.408 e. The number of nitrogens with two attached hydrogens (primary N) is 1. The lowest BCUT2D eigenvalue weighted by atomic mass is 9.83. The number of Topliss-reactive ketones (excluding diaryl/α,β-unsaturated/α-hetero) is 1. The average Bonchev–Trinajstić information content (AvgIpc) is 3.16. The van der Waals surface area contributed by atoms with Gasteiger partial charge >= 0.3 is 6.09 Å². The molecule has 1 saturated heterocycles. The summed E-state index contributed by atoms with van der Waals surface area (Å²) in [4.78, 5) is 66.0. The zero-order valence-electron chi connectivity index (χ0n) is 23.4. The average molecular weight is 533 g/mol. The molecule has 0 aromatic heterocycles. The Morgan fingerprint density at radius 1 is 1.11 bits per heavy atom. The van der Waals surface area contributed by atoms with Crippen LogP contribution in [0.3, 0.4) is 0 Å². The van der Waals surface area contributed by atoms with Gasteiger partial charge in [-0.3, -0.25) is 19.2 Å². The lowest BCUT2D eigenvalue weighted by Gasteiger charge is -2.37. The van der Waals surface area contributed by atoms with Crippen molar-refractivity contribution in [3.05, 3.63) is 12.7 Å². The molecule has 10 heteroatoms. The largest absolute Gasteiger partial charge is 0.444 e. The molecule has 3 unspecified atom stereocenters. The quantitative estimate of drug-likeness (QED) is 0.291. The highest BCUT2D eigenvalue weighted by Gasteiger charge is 2.69. The standard InChI is InChI=1S/C28H44N4O6/c1-7-8-14-18(22(33)23(29)34)30-24(35)21-19-17(28(19,5)6)15-32(21)25(36)20(16-12-10-9-11-13-16)31-26(37)38-27(2,3)4/h7,16-21H,1,8-15H2,2-6H3,(H2,29,34)(H,30,35)(H,31,37)/t17?,18?,19?,20-,21-/m0/s1. The molecule has 0 aromatic rings. The maximum atomic E-state index is 14.1. The number of carbonyl (C=O) groups excluding carboxylic acids is 5. The van der Waals surface area contributed by atoms with E-state index in [1.54, 1.807) is 31.7 Å². The van der Waals surface area contributed by atoms with Crippen molar-refractivity contribution < 1.29 is 28.7 Å². The van der Waals surface area contributed by atoms with Gasteiger partial charge in [-0.2, -0.15) is 0 Å². The summed E-state index contributed by atoms with van der Waals surface area (Å²) in [7, 11) is 0. The molecule has 3 fully saturated rings. The third kappa shape index (κ3) is 6.56. The van der Waals surface area contributed by atoms with E-state index in [1.165, 1.54) is 0 Å². The van der Waals surface area contributed by atoms with Crippen molar-refractivity contribution in [2.45, 2.75) is 103 Å². The van der Waals surface area contributed by atoms with E-state index in [1.807, 2.05) is 0 Å². The van der Waals surface area contributed by atoms with E-state index >= 15 is 0 Å². The van der Waals surface area contributed by atoms with Crippen LogP contribution in [-0.4, -0.2) is 64.8 Å². The monoisotopic (exact) mass is 532 g/mol. The maximum Gasteiger partial charge on any atom is 0.408 e. The highest BCUT2D eigenvalue weighted by Crippen LogP contribution is 2.65. The summed E-state index contributed by atoms with van der Waals surface area (Å²) in [5.74, 6) is -2.83. The number of likely N-dealkylation sites (tertiary alicyclic amines) is 1. The fourth-order valence-corrected chi connectivity index (χ4v) is 6.26. The predicted octanol–water partition coefficient (Wildman–Crippen LogP) is 2.45. The molecule has 0 spiro atoms. The van der Waals surface area contributed by atoms with E-state index in [0.29, 0.717) is 13.0 Å². The Bertz CT molecular complexity index is 965. The van der Waals surface area contributed by atoms with Gasteiger partial charge in [-0.25, -0.2) is 4.79 Å². The minimum absolute atomic E-state index is 0.0609. The van der Waals surface area contributed by atoms with E-state index in [9.17, 15) is 24.0 Å². The summed E-state index contributed by atoms with van der Waals surface area (Å²) in [5.41, 5.74) is 4.35. The van der Waals surface area contributed by atoms with Crippen LogP contribution in [-0.2, 0) is 23.9 Å². The second-order valence-electron chi connectivity index (χ2n) is 12.6. The zero-order valence-corrected chi connectivity index (χ0v) is 23.4. The van der Waals surface area contributed by atoms with Crippen molar-refractivity contribution in [2.24, 2.45) is 28.9 Å². The van der Waals surface area contributed by atoms with Crippen LogP contribution in [0.1, 0.15) is 79.6 Å². The Balaban J connectivity index is 1.85. The summed E-state index contributed by atoms with van der Waals surface area (Å²) < 4.78 is 5.46. The van der Waals surface area contributed by atoms with Crippen LogP contribution in [0.4, 0.5) is 4.79 Å². The number of rotatable bonds is 10. The van der Waals surface area contributed by atoms with Gasteiger partial charge in [0.2, 0.25) is 17.6 Å². The van der Waals surface area contributed by atoms with Gasteiger partial charge in [-0.15, -0.1) is 6.58 Å². The molecular formula is C28H44N4O6. The van der Waals surface area contributed by atoms with Gasteiger partial charge in [0, 0.05) is 6.54 Å². The number of ether oxygens (including phenoxy) is 1. The van der Waals surface area contributed by atoms with Gasteiger partial charge in [0.15, 0.2) is 0 Å². The Labute approximate surface area is 225 Å². The van der Waals surface area contributed by atoms with Crippen LogP contribution >= 0.6 is 0 Å². The normalized spacial score (nSPS) is 25.9. The van der Waals surface area contributed by atoms with E-state index in [4.69, 9.17) is 10.5 Å². The molecule has 4 N–H and O–H groups in total. The Morgan fingerprint density at radius 2 is 1.74 bits per heavy atom. The van der Waals surface area contributed by atoms with E-state index in [-0.39, 0.29) is 35.5 Å². The van der Waals surface area contributed by atoms with Crippen molar-refractivity contribution in [2.75, 3.05) is 6.54 Å². The van der Waals surface area contributed by atoms with Crippen LogP contribution in [0.25, 0.3) is 0 Å². The topological polar surface area (TPSA) is 148 Å². The number of hydrogen-bond donors (Lipinski definition) is 3. The molecule has 0 aromatic carbocycles. The highest BCUT2D eigenvalue weighted by atomic mass is 16.6. The van der Waals surface area contributed by atoms with Gasteiger partial charge in [-0.05, 0) is 69.6 Å². The molecule has 0 bridgehead atoms. The number of piperidine rings is 1. The molecule has 0 radical (unpaired) electrons. The molecule has 3 rings (SSSR count). The van der Waals surface area contributed by atoms with Crippen LogP contribution < -0.4 is 16.4 Å². The maximum absolute atomic E-state index is 14.1. The first-order valence-corrected chi connectivity index (χ1v) is 13.7. The number of amides is 4. The molecule has 212 valence electrons. The molecule has 2 aliphatic carbocycles. The van der Waals surface area contributed by atoms with E-state index in [0.717, 1.165) is 32.1 Å². The Morgan fingerprint density at radius 3 is 2.29 bits per heavy atom. The first-order valence-electron chi connectivity index (χ1n) is 13.7. The third-order valence-electron chi connectivity index (χ3n) is 8.36. The van der Waals surface area contributed by atoms with Crippen LogP contribution in [0.2, 0.25) is 0 Å². The van der Waals surface area contributed by atoms with Crippen molar-refractivity contribution in [3.8, 4) is 0 Å². The number of carbonyl (C=O) groups is 5. The molecule has 1 heterocycles. The Kier molecular flexibility index (Phi) is 8.93. The lowest BCUT2D eigenvalue weighted by molar-refractivity contribution is -0.144. The molecular weight excluding hydrogens is 488 g/mol. The van der Waals surface area contributed by atoms with Crippen molar-refractivity contribution in [1.29, 1.82) is 0 Å². The van der Waals surface area contributed by atoms with Crippen molar-refractivity contribution >= 4 is 29.6 Å². The first kappa shape index (κ1) is 29.6.